The minimum atomic E-state index is -3.50. The number of aliphatic hydroxyl groups is 1. The van der Waals surface area contributed by atoms with Gasteiger partial charge in [0.05, 0.1) is 19.3 Å². The fourth-order valence-electron chi connectivity index (χ4n) is 2.25. The summed E-state index contributed by atoms with van der Waals surface area (Å²) in [5, 5.41) is 9.23. The molecule has 0 bridgehead atoms. The molecule has 1 N–H and O–H groups in total. The van der Waals surface area contributed by atoms with E-state index in [-0.39, 0.29) is 17.6 Å². The number of nitrogens with zero attached hydrogens (tertiary/aromatic N) is 2. The van der Waals surface area contributed by atoms with Gasteiger partial charge in [0.15, 0.2) is 0 Å². The molecule has 1 fully saturated rings. The zero-order valence-corrected chi connectivity index (χ0v) is 12.1. The fourth-order valence-corrected chi connectivity index (χ4v) is 3.81. The van der Waals surface area contributed by atoms with Crippen LogP contribution in [0.2, 0.25) is 0 Å². The first-order valence-corrected chi connectivity index (χ1v) is 7.84. The van der Waals surface area contributed by atoms with Gasteiger partial charge >= 0.3 is 0 Å². The van der Waals surface area contributed by atoms with Gasteiger partial charge in [-0.2, -0.15) is 4.31 Å². The summed E-state index contributed by atoms with van der Waals surface area (Å²) in [5.74, 6) is 0. The van der Waals surface area contributed by atoms with Crippen molar-refractivity contribution < 1.29 is 18.3 Å². The minimum Gasteiger partial charge on any atom is -0.390 e. The van der Waals surface area contributed by atoms with Crippen LogP contribution in [0.5, 0.6) is 0 Å². The standard InChI is InChI=1S/C12H20N2O4S/c1-3-13-8-12(6-11(13)9-15)19(16,17)14-4-5-18-10(2)7-14/h6,8,10,15H,3-5,7,9H2,1-2H3. The molecule has 1 aromatic rings. The highest BCUT2D eigenvalue weighted by Gasteiger charge is 2.30. The van der Waals surface area contributed by atoms with Crippen molar-refractivity contribution in [3.05, 3.63) is 18.0 Å². The van der Waals surface area contributed by atoms with Crippen LogP contribution < -0.4 is 0 Å². The van der Waals surface area contributed by atoms with Gasteiger partial charge in [0.25, 0.3) is 0 Å². The molecule has 2 heterocycles. The molecule has 2 rings (SSSR count). The van der Waals surface area contributed by atoms with Crippen molar-refractivity contribution in [1.82, 2.24) is 8.87 Å². The Labute approximate surface area is 113 Å². The summed E-state index contributed by atoms with van der Waals surface area (Å²) in [4.78, 5) is 0.243. The van der Waals surface area contributed by atoms with E-state index in [4.69, 9.17) is 4.74 Å². The van der Waals surface area contributed by atoms with Crippen molar-refractivity contribution in [3.63, 3.8) is 0 Å². The lowest BCUT2D eigenvalue weighted by molar-refractivity contribution is 0.0102. The van der Waals surface area contributed by atoms with Crippen molar-refractivity contribution in [2.45, 2.75) is 38.0 Å². The summed E-state index contributed by atoms with van der Waals surface area (Å²) >= 11 is 0. The van der Waals surface area contributed by atoms with E-state index in [0.717, 1.165) is 0 Å². The Hall–Kier alpha value is -0.890. The third kappa shape index (κ3) is 2.84. The molecular weight excluding hydrogens is 268 g/mol. The minimum absolute atomic E-state index is 0.0888. The molecule has 0 amide bonds. The summed E-state index contributed by atoms with van der Waals surface area (Å²) in [7, 11) is -3.50. The van der Waals surface area contributed by atoms with Crippen LogP contribution in [0.15, 0.2) is 17.2 Å². The maximum Gasteiger partial charge on any atom is 0.244 e. The largest absolute Gasteiger partial charge is 0.390 e. The maximum atomic E-state index is 12.5. The van der Waals surface area contributed by atoms with E-state index in [9.17, 15) is 13.5 Å². The van der Waals surface area contributed by atoms with Gasteiger partial charge in [-0.1, -0.05) is 0 Å². The number of aliphatic hydroxyl groups excluding tert-OH is 1. The molecule has 1 aliphatic rings. The zero-order chi connectivity index (χ0) is 14.0. The third-order valence-corrected chi connectivity index (χ3v) is 5.14. The molecule has 108 valence electrons. The molecule has 7 heteroatoms. The molecule has 0 aliphatic carbocycles. The van der Waals surface area contributed by atoms with Crippen LogP contribution >= 0.6 is 0 Å². The molecular formula is C12H20N2O4S. The predicted molar refractivity (Wildman–Crippen MR) is 70.2 cm³/mol. The summed E-state index contributed by atoms with van der Waals surface area (Å²) < 4.78 is 33.6. The van der Waals surface area contributed by atoms with Gasteiger partial charge in [-0.05, 0) is 19.9 Å². The van der Waals surface area contributed by atoms with Crippen LogP contribution in [0, 0.1) is 0 Å². The van der Waals surface area contributed by atoms with Crippen molar-refractivity contribution in [2.24, 2.45) is 0 Å². The second-order valence-corrected chi connectivity index (χ2v) is 6.59. The van der Waals surface area contributed by atoms with Gasteiger partial charge in [-0.3, -0.25) is 0 Å². The summed E-state index contributed by atoms with van der Waals surface area (Å²) in [6, 6.07) is 1.54. The van der Waals surface area contributed by atoms with Crippen molar-refractivity contribution >= 4 is 10.0 Å². The first-order chi connectivity index (χ1) is 8.98. The number of hydrogen-bond acceptors (Lipinski definition) is 4. The average Bonchev–Trinajstić information content (AvgIpc) is 2.82. The van der Waals surface area contributed by atoms with Gasteiger partial charge in [0.2, 0.25) is 10.0 Å². The van der Waals surface area contributed by atoms with Crippen LogP contribution in [-0.2, 0) is 27.9 Å². The summed E-state index contributed by atoms with van der Waals surface area (Å²) in [5.41, 5.74) is 0.613. The van der Waals surface area contributed by atoms with E-state index in [1.807, 2.05) is 13.8 Å². The molecule has 1 saturated heterocycles. The Morgan fingerprint density at radius 3 is 2.79 bits per heavy atom. The average molecular weight is 288 g/mol. The molecule has 0 aromatic carbocycles. The second-order valence-electron chi connectivity index (χ2n) is 4.66. The zero-order valence-electron chi connectivity index (χ0n) is 11.2. The Bertz CT molecular complexity index is 516. The van der Waals surface area contributed by atoms with Gasteiger partial charge < -0.3 is 14.4 Å². The van der Waals surface area contributed by atoms with E-state index in [2.05, 4.69) is 0 Å². The SMILES string of the molecule is CCn1cc(S(=O)(=O)N2CCOC(C)C2)cc1CO. The van der Waals surface area contributed by atoms with E-state index >= 15 is 0 Å². The molecule has 6 nitrogen and oxygen atoms in total. The number of morpholine rings is 1. The first kappa shape index (κ1) is 14.5. The van der Waals surface area contributed by atoms with E-state index in [0.29, 0.717) is 31.9 Å². The topological polar surface area (TPSA) is 71.8 Å². The number of hydrogen-bond donors (Lipinski definition) is 1. The number of aromatic nitrogens is 1. The fraction of sp³-hybridized carbons (Fsp3) is 0.667. The molecule has 1 atom stereocenters. The molecule has 1 aliphatic heterocycles. The van der Waals surface area contributed by atoms with Crippen LogP contribution in [0.1, 0.15) is 19.5 Å². The van der Waals surface area contributed by atoms with Gasteiger partial charge in [0.1, 0.15) is 4.90 Å². The Kier molecular flexibility index (Phi) is 4.29. The molecule has 19 heavy (non-hydrogen) atoms. The first-order valence-electron chi connectivity index (χ1n) is 6.40. The van der Waals surface area contributed by atoms with E-state index < -0.39 is 10.0 Å². The maximum absolute atomic E-state index is 12.5. The predicted octanol–water partition coefficient (Wildman–Crippen LogP) is 0.410. The quantitative estimate of drug-likeness (QED) is 0.871. The Balaban J connectivity index is 2.31. The molecule has 1 unspecified atom stereocenters. The molecule has 0 spiro atoms. The molecule has 1 aromatic heterocycles. The third-order valence-electron chi connectivity index (χ3n) is 3.31. The number of rotatable bonds is 4. The lowest BCUT2D eigenvalue weighted by Crippen LogP contribution is -2.44. The Morgan fingerprint density at radius 2 is 2.26 bits per heavy atom. The number of aryl methyl sites for hydroxylation is 1. The highest BCUT2D eigenvalue weighted by atomic mass is 32.2. The van der Waals surface area contributed by atoms with Crippen molar-refractivity contribution in [3.8, 4) is 0 Å². The smallest absolute Gasteiger partial charge is 0.244 e. The summed E-state index contributed by atoms with van der Waals surface area (Å²) in [6.45, 7) is 5.40. The lowest BCUT2D eigenvalue weighted by Gasteiger charge is -2.29. The van der Waals surface area contributed by atoms with Crippen LogP contribution in [-0.4, -0.2) is 48.2 Å². The number of ether oxygens (including phenoxy) is 1. The van der Waals surface area contributed by atoms with Crippen LogP contribution in [0.3, 0.4) is 0 Å². The van der Waals surface area contributed by atoms with E-state index in [1.165, 1.54) is 4.31 Å². The lowest BCUT2D eigenvalue weighted by atomic mass is 10.3. The summed E-state index contributed by atoms with van der Waals surface area (Å²) in [6.07, 6.45) is 1.50. The van der Waals surface area contributed by atoms with Crippen LogP contribution in [0.25, 0.3) is 0 Å². The van der Waals surface area contributed by atoms with E-state index in [1.54, 1.807) is 16.8 Å². The molecule has 0 saturated carbocycles. The van der Waals surface area contributed by atoms with Crippen molar-refractivity contribution in [1.29, 1.82) is 0 Å². The normalized spacial score (nSPS) is 21.7. The second kappa shape index (κ2) is 5.62. The van der Waals surface area contributed by atoms with Gasteiger partial charge in [-0.15, -0.1) is 0 Å². The monoisotopic (exact) mass is 288 g/mol. The van der Waals surface area contributed by atoms with Crippen molar-refractivity contribution in [2.75, 3.05) is 19.7 Å². The Morgan fingerprint density at radius 1 is 1.53 bits per heavy atom. The van der Waals surface area contributed by atoms with Crippen LogP contribution in [0.4, 0.5) is 0 Å². The molecule has 0 radical (unpaired) electrons. The van der Waals surface area contributed by atoms with Gasteiger partial charge in [0, 0.05) is 31.5 Å². The van der Waals surface area contributed by atoms with Gasteiger partial charge in [-0.25, -0.2) is 8.42 Å². The highest BCUT2D eigenvalue weighted by molar-refractivity contribution is 7.89. The number of sulfonamides is 1. The highest BCUT2D eigenvalue weighted by Crippen LogP contribution is 2.21.